The number of ether oxygens (including phenoxy) is 2. The van der Waals surface area contributed by atoms with Gasteiger partial charge in [0, 0.05) is 25.1 Å². The van der Waals surface area contributed by atoms with Crippen molar-refractivity contribution in [3.8, 4) is 0 Å². The molecule has 1 aromatic carbocycles. The number of carbonyl (C=O) groups is 2. The number of aliphatic hydroxyl groups is 1. The second-order valence-electron chi connectivity index (χ2n) is 8.74. The molecule has 0 bridgehead atoms. The summed E-state index contributed by atoms with van der Waals surface area (Å²) in [5.41, 5.74) is 6.64. The van der Waals surface area contributed by atoms with E-state index in [1.165, 1.54) is 0 Å². The highest BCUT2D eigenvalue weighted by molar-refractivity contribution is 5.96. The summed E-state index contributed by atoms with van der Waals surface area (Å²) >= 11 is 0. The lowest BCUT2D eigenvalue weighted by Gasteiger charge is -2.52. The van der Waals surface area contributed by atoms with E-state index in [9.17, 15) is 14.7 Å². The monoisotopic (exact) mass is 403 g/mol. The van der Waals surface area contributed by atoms with Crippen molar-refractivity contribution in [3.05, 3.63) is 34.9 Å². The van der Waals surface area contributed by atoms with Crippen LogP contribution in [-0.4, -0.2) is 65.3 Å². The molecule has 4 rings (SSSR count). The van der Waals surface area contributed by atoms with Crippen molar-refractivity contribution in [1.29, 1.82) is 0 Å². The molecule has 8 nitrogen and oxygen atoms in total. The van der Waals surface area contributed by atoms with E-state index in [0.29, 0.717) is 38.3 Å². The van der Waals surface area contributed by atoms with E-state index in [1.54, 1.807) is 6.07 Å². The first-order chi connectivity index (χ1) is 13.8. The van der Waals surface area contributed by atoms with Crippen LogP contribution in [0.1, 0.15) is 47.7 Å². The van der Waals surface area contributed by atoms with Gasteiger partial charge in [-0.1, -0.05) is 12.1 Å². The number of piperidine rings is 1. The minimum atomic E-state index is -0.802. The third kappa shape index (κ3) is 4.02. The summed E-state index contributed by atoms with van der Waals surface area (Å²) in [5.74, 6) is -0.533. The molecule has 1 spiro atoms. The van der Waals surface area contributed by atoms with Gasteiger partial charge in [-0.25, -0.2) is 0 Å². The van der Waals surface area contributed by atoms with Gasteiger partial charge in [0.15, 0.2) is 0 Å². The fourth-order valence-corrected chi connectivity index (χ4v) is 4.81. The van der Waals surface area contributed by atoms with Crippen LogP contribution in [0.3, 0.4) is 0 Å². The summed E-state index contributed by atoms with van der Waals surface area (Å²) in [4.78, 5) is 26.3. The minimum absolute atomic E-state index is 0.169. The number of rotatable bonds is 4. The molecular weight excluding hydrogens is 374 g/mol. The van der Waals surface area contributed by atoms with E-state index in [-0.39, 0.29) is 25.0 Å². The summed E-state index contributed by atoms with van der Waals surface area (Å²) in [6.45, 7) is 4.65. The van der Waals surface area contributed by atoms with Crippen LogP contribution >= 0.6 is 0 Å². The lowest BCUT2D eigenvalue weighted by molar-refractivity contribution is -0.177. The Kier molecular flexibility index (Phi) is 5.37. The van der Waals surface area contributed by atoms with Crippen LogP contribution in [0.4, 0.5) is 0 Å². The van der Waals surface area contributed by atoms with Crippen molar-refractivity contribution >= 4 is 11.8 Å². The quantitative estimate of drug-likeness (QED) is 0.667. The van der Waals surface area contributed by atoms with E-state index >= 15 is 0 Å². The number of hydrogen-bond acceptors (Lipinski definition) is 6. The Morgan fingerprint density at radius 3 is 2.79 bits per heavy atom. The third-order valence-corrected chi connectivity index (χ3v) is 6.54. The van der Waals surface area contributed by atoms with Gasteiger partial charge in [-0.15, -0.1) is 0 Å². The van der Waals surface area contributed by atoms with Crippen molar-refractivity contribution in [1.82, 2.24) is 10.2 Å². The fraction of sp³-hybridized carbons (Fsp3) is 0.619. The largest absolute Gasteiger partial charge is 0.388 e. The van der Waals surface area contributed by atoms with Crippen LogP contribution < -0.4 is 11.1 Å². The molecule has 158 valence electrons. The Morgan fingerprint density at radius 2 is 2.07 bits per heavy atom. The molecule has 0 radical (unpaired) electrons. The first-order valence-electron chi connectivity index (χ1n) is 10.1. The molecule has 2 fully saturated rings. The number of carbonyl (C=O) groups excluding carboxylic acids is 2. The Hall–Kier alpha value is -2.00. The molecule has 0 aliphatic carbocycles. The fourth-order valence-electron chi connectivity index (χ4n) is 4.81. The zero-order valence-corrected chi connectivity index (χ0v) is 16.8. The molecule has 2 atom stereocenters. The summed E-state index contributed by atoms with van der Waals surface area (Å²) in [7, 11) is 0. The summed E-state index contributed by atoms with van der Waals surface area (Å²) in [6, 6.07) is 5.64. The van der Waals surface area contributed by atoms with Gasteiger partial charge in [0.25, 0.3) is 5.91 Å². The van der Waals surface area contributed by atoms with Crippen LogP contribution in [-0.2, 0) is 27.5 Å². The Labute approximate surface area is 170 Å². The number of nitrogens with two attached hydrogens (primary N) is 1. The normalized spacial score (nSPS) is 28.8. The predicted molar refractivity (Wildman–Crippen MR) is 105 cm³/mol. The second kappa shape index (κ2) is 7.68. The molecule has 3 aliphatic rings. The molecule has 0 unspecified atom stereocenters. The maximum Gasteiger partial charge on any atom is 0.252 e. The molecule has 0 aromatic heterocycles. The zero-order valence-electron chi connectivity index (χ0n) is 16.8. The maximum absolute atomic E-state index is 13.1. The van der Waals surface area contributed by atoms with Crippen molar-refractivity contribution in [3.63, 3.8) is 0 Å². The number of nitrogens with zero attached hydrogens (tertiary/aromatic N) is 1. The van der Waals surface area contributed by atoms with E-state index in [2.05, 4.69) is 5.32 Å². The SMILES string of the molecule is C[C@@]1(NC(=O)c2cccc3c2COC3)CC2(CCN(CC(N)=O)CC2)OC[C@H]1O. The average molecular weight is 403 g/mol. The standard InChI is InChI=1S/C21H29N3O5/c1-20(23-19(27)15-4-2-3-14-10-28-11-16(14)15)13-21(29-12-17(20)25)5-7-24(8-6-21)9-18(22)26/h2-4,17,25H,5-13H2,1H3,(H2,22,26)(H,23,27)/t17-,20-/m1/s1. The van der Waals surface area contributed by atoms with Gasteiger partial charge in [-0.2, -0.15) is 0 Å². The van der Waals surface area contributed by atoms with Crippen molar-refractivity contribution < 1.29 is 24.2 Å². The van der Waals surface area contributed by atoms with Gasteiger partial charge >= 0.3 is 0 Å². The van der Waals surface area contributed by atoms with Crippen molar-refractivity contribution in [2.24, 2.45) is 5.73 Å². The molecule has 3 heterocycles. The van der Waals surface area contributed by atoms with Gasteiger partial charge in [-0.05, 0) is 37.0 Å². The smallest absolute Gasteiger partial charge is 0.252 e. The van der Waals surface area contributed by atoms with E-state index in [4.69, 9.17) is 15.2 Å². The number of primary amides is 1. The highest BCUT2D eigenvalue weighted by Crippen LogP contribution is 2.40. The molecule has 2 amide bonds. The van der Waals surface area contributed by atoms with Gasteiger partial charge in [0.05, 0.1) is 37.5 Å². The molecule has 29 heavy (non-hydrogen) atoms. The lowest BCUT2D eigenvalue weighted by atomic mass is 9.74. The van der Waals surface area contributed by atoms with Crippen LogP contribution in [0.2, 0.25) is 0 Å². The number of benzene rings is 1. The second-order valence-corrected chi connectivity index (χ2v) is 8.74. The molecule has 4 N–H and O–H groups in total. The third-order valence-electron chi connectivity index (χ3n) is 6.54. The lowest BCUT2D eigenvalue weighted by Crippen LogP contribution is -2.65. The minimum Gasteiger partial charge on any atom is -0.388 e. The summed E-state index contributed by atoms with van der Waals surface area (Å²) < 4.78 is 11.5. The Morgan fingerprint density at radius 1 is 1.31 bits per heavy atom. The number of fused-ring (bicyclic) bond motifs is 1. The maximum atomic E-state index is 13.1. The highest BCUT2D eigenvalue weighted by Gasteiger charge is 2.50. The molecule has 2 saturated heterocycles. The molecule has 3 aliphatic heterocycles. The predicted octanol–water partition coefficient (Wildman–Crippen LogP) is 0.306. The first kappa shape index (κ1) is 20.3. The van der Waals surface area contributed by atoms with Crippen molar-refractivity contribution in [2.45, 2.75) is 56.6 Å². The summed E-state index contributed by atoms with van der Waals surface area (Å²) in [5, 5.41) is 13.8. The van der Waals surface area contributed by atoms with Crippen LogP contribution in [0.25, 0.3) is 0 Å². The first-order valence-corrected chi connectivity index (χ1v) is 10.1. The van der Waals surface area contributed by atoms with Gasteiger partial charge < -0.3 is 25.6 Å². The molecular formula is C21H29N3O5. The zero-order chi connectivity index (χ0) is 20.6. The molecule has 0 saturated carbocycles. The highest BCUT2D eigenvalue weighted by atomic mass is 16.5. The number of likely N-dealkylation sites (tertiary alicyclic amines) is 1. The van der Waals surface area contributed by atoms with Crippen LogP contribution in [0.5, 0.6) is 0 Å². The van der Waals surface area contributed by atoms with Gasteiger partial charge in [0.1, 0.15) is 6.10 Å². The number of hydrogen-bond donors (Lipinski definition) is 3. The molecule has 8 heteroatoms. The number of aliphatic hydroxyl groups excluding tert-OH is 1. The average Bonchev–Trinajstić information content (AvgIpc) is 3.15. The van der Waals surface area contributed by atoms with Gasteiger partial charge in [-0.3, -0.25) is 14.5 Å². The summed E-state index contributed by atoms with van der Waals surface area (Å²) in [6.07, 6.45) is 1.18. The Balaban J connectivity index is 1.47. The topological polar surface area (TPSA) is 114 Å². The van der Waals surface area contributed by atoms with E-state index < -0.39 is 17.2 Å². The number of amides is 2. The van der Waals surface area contributed by atoms with Crippen LogP contribution in [0, 0.1) is 0 Å². The Bertz CT molecular complexity index is 806. The van der Waals surface area contributed by atoms with Crippen molar-refractivity contribution in [2.75, 3.05) is 26.2 Å². The van der Waals surface area contributed by atoms with E-state index in [1.807, 2.05) is 24.0 Å². The molecule has 1 aromatic rings. The number of nitrogens with one attached hydrogen (secondary N) is 1. The van der Waals surface area contributed by atoms with Crippen LogP contribution in [0.15, 0.2) is 18.2 Å². The van der Waals surface area contributed by atoms with Gasteiger partial charge in [0.2, 0.25) is 5.91 Å². The van der Waals surface area contributed by atoms with E-state index in [0.717, 1.165) is 24.0 Å².